The number of anilines is 1. The maximum absolute atomic E-state index is 12.7. The maximum Gasteiger partial charge on any atom is 0.266 e. The molecule has 1 aromatic carbocycles. The van der Waals surface area contributed by atoms with Gasteiger partial charge in [-0.15, -0.1) is 0 Å². The normalized spacial score (nSPS) is 22.5. The first-order valence-corrected chi connectivity index (χ1v) is 5.14. The number of halogens is 2. The van der Waals surface area contributed by atoms with E-state index < -0.39 is 12.0 Å². The largest absolute Gasteiger partial charge is 0.485 e. The molecule has 1 heterocycles. The summed E-state index contributed by atoms with van der Waals surface area (Å²) < 4.78 is 30.8. The van der Waals surface area contributed by atoms with Crippen LogP contribution in [0.25, 0.3) is 0 Å². The maximum atomic E-state index is 12.7. The molecule has 6 heteroatoms. The number of fused-ring (bicyclic) bond motifs is 1. The van der Waals surface area contributed by atoms with Crippen molar-refractivity contribution in [2.24, 2.45) is 0 Å². The first-order chi connectivity index (χ1) is 7.99. The second kappa shape index (κ2) is 4.12. The van der Waals surface area contributed by atoms with Crippen molar-refractivity contribution in [3.05, 3.63) is 23.3 Å². The van der Waals surface area contributed by atoms with Crippen molar-refractivity contribution < 1.29 is 23.8 Å². The third-order valence-corrected chi connectivity index (χ3v) is 2.84. The molecule has 3 N–H and O–H groups in total. The van der Waals surface area contributed by atoms with Crippen LogP contribution in [0.4, 0.5) is 14.5 Å². The van der Waals surface area contributed by atoms with E-state index in [0.717, 1.165) is 0 Å². The van der Waals surface area contributed by atoms with Crippen molar-refractivity contribution >= 4 is 5.69 Å². The number of nitrogens with one attached hydrogen (secondary N) is 1. The lowest BCUT2D eigenvalue weighted by molar-refractivity contribution is 0.0444. The van der Waals surface area contributed by atoms with E-state index in [1.807, 2.05) is 0 Å². The molecule has 17 heavy (non-hydrogen) atoms. The highest BCUT2D eigenvalue weighted by molar-refractivity contribution is 5.58. The summed E-state index contributed by atoms with van der Waals surface area (Å²) >= 11 is 0. The van der Waals surface area contributed by atoms with Gasteiger partial charge in [0.25, 0.3) is 6.43 Å². The molecule has 0 saturated carbocycles. The molecule has 94 valence electrons. The molecule has 0 aromatic heterocycles. The van der Waals surface area contributed by atoms with Crippen LogP contribution >= 0.6 is 0 Å². The molecule has 0 spiro atoms. The van der Waals surface area contributed by atoms with Crippen LogP contribution in [0, 0.1) is 0 Å². The van der Waals surface area contributed by atoms with Gasteiger partial charge in [0.2, 0.25) is 0 Å². The van der Waals surface area contributed by atoms with E-state index in [1.54, 1.807) is 12.4 Å². The Balaban J connectivity index is 2.43. The minimum atomic E-state index is -2.71. The Morgan fingerprint density at radius 1 is 1.53 bits per heavy atom. The molecule has 0 fully saturated rings. The van der Waals surface area contributed by atoms with Gasteiger partial charge >= 0.3 is 0 Å². The first kappa shape index (κ1) is 12.1. The van der Waals surface area contributed by atoms with Crippen molar-refractivity contribution in [3.63, 3.8) is 0 Å². The van der Waals surface area contributed by atoms with Gasteiger partial charge in [0.15, 0.2) is 0 Å². The zero-order valence-corrected chi connectivity index (χ0v) is 9.20. The highest BCUT2D eigenvalue weighted by Gasteiger charge is 2.35. The molecular weight excluding hydrogens is 232 g/mol. The third-order valence-electron chi connectivity index (χ3n) is 2.84. The van der Waals surface area contributed by atoms with Crippen LogP contribution < -0.4 is 10.2 Å². The Bertz CT molecular complexity index is 439. The Hall–Kier alpha value is -1.40. The monoisotopic (exact) mass is 245 g/mol. The van der Waals surface area contributed by atoms with E-state index in [1.165, 1.54) is 12.1 Å². The van der Waals surface area contributed by atoms with E-state index in [4.69, 9.17) is 15.1 Å². The quantitative estimate of drug-likeness (QED) is 0.714. The number of alkyl halides is 2. The first-order valence-electron chi connectivity index (χ1n) is 5.14. The molecule has 1 aliphatic heterocycles. The van der Waals surface area contributed by atoms with Crippen LogP contribution in [0.5, 0.6) is 5.75 Å². The number of ether oxygens (including phenoxy) is 1. The van der Waals surface area contributed by atoms with Gasteiger partial charge in [-0.25, -0.2) is 8.78 Å². The zero-order valence-electron chi connectivity index (χ0n) is 9.20. The smallest absolute Gasteiger partial charge is 0.266 e. The van der Waals surface area contributed by atoms with Gasteiger partial charge in [-0.2, -0.15) is 0 Å². The predicted octanol–water partition coefficient (Wildman–Crippen LogP) is 2.11. The Morgan fingerprint density at radius 2 is 2.24 bits per heavy atom. The fourth-order valence-electron chi connectivity index (χ4n) is 1.94. The van der Waals surface area contributed by atoms with E-state index in [0.29, 0.717) is 17.7 Å². The Morgan fingerprint density at radius 3 is 2.76 bits per heavy atom. The van der Waals surface area contributed by atoms with Gasteiger partial charge in [0, 0.05) is 17.5 Å². The van der Waals surface area contributed by atoms with Gasteiger partial charge in [0.1, 0.15) is 11.4 Å². The van der Waals surface area contributed by atoms with Crippen LogP contribution in [-0.2, 0) is 6.42 Å². The van der Waals surface area contributed by atoms with Gasteiger partial charge < -0.3 is 9.84 Å². The minimum absolute atomic E-state index is 0.0375. The van der Waals surface area contributed by atoms with Crippen molar-refractivity contribution in [2.75, 3.05) is 12.1 Å². The average molecular weight is 245 g/mol. The van der Waals surface area contributed by atoms with E-state index >= 15 is 0 Å². The molecule has 0 amide bonds. The van der Waals surface area contributed by atoms with Crippen LogP contribution in [0.1, 0.15) is 24.5 Å². The van der Waals surface area contributed by atoms with Crippen LogP contribution in [0.3, 0.4) is 0 Å². The summed E-state index contributed by atoms with van der Waals surface area (Å²) in [4.78, 5) is 0. The van der Waals surface area contributed by atoms with Crippen LogP contribution in [-0.4, -0.2) is 22.5 Å². The third kappa shape index (κ3) is 2.05. The summed E-state index contributed by atoms with van der Waals surface area (Å²) in [5.74, 6) is 0.329. The second-order valence-corrected chi connectivity index (χ2v) is 4.35. The standard InChI is InChI=1S/C11H13F2NO3/c1-11(5-15)4-6-2-8(14-16)7(10(12)13)3-9(6)17-11/h2-3,10,14-16H,4-5H2,1H3. The van der Waals surface area contributed by atoms with E-state index in [2.05, 4.69) is 0 Å². The number of aliphatic hydroxyl groups is 1. The number of benzene rings is 1. The Labute approximate surface area is 96.8 Å². The number of hydrogen-bond donors (Lipinski definition) is 3. The Kier molecular flexibility index (Phi) is 2.92. The number of rotatable bonds is 3. The molecule has 1 aromatic rings. The predicted molar refractivity (Wildman–Crippen MR) is 56.6 cm³/mol. The molecule has 1 unspecified atom stereocenters. The molecule has 1 atom stereocenters. The highest BCUT2D eigenvalue weighted by atomic mass is 19.3. The lowest BCUT2D eigenvalue weighted by Crippen LogP contribution is -2.34. The molecule has 1 aliphatic rings. The summed E-state index contributed by atoms with van der Waals surface area (Å²) in [5, 5.41) is 18.0. The summed E-state index contributed by atoms with van der Waals surface area (Å²) in [5.41, 5.74) is 1.29. The van der Waals surface area contributed by atoms with E-state index in [-0.39, 0.29) is 17.9 Å². The average Bonchev–Trinajstić information content (AvgIpc) is 2.63. The van der Waals surface area contributed by atoms with E-state index in [9.17, 15) is 8.78 Å². The fourth-order valence-corrected chi connectivity index (χ4v) is 1.94. The lowest BCUT2D eigenvalue weighted by atomic mass is 9.99. The van der Waals surface area contributed by atoms with Crippen molar-refractivity contribution in [1.82, 2.24) is 0 Å². The summed E-state index contributed by atoms with van der Waals surface area (Å²) in [6.07, 6.45) is -2.30. The molecule has 0 bridgehead atoms. The summed E-state index contributed by atoms with van der Waals surface area (Å²) in [6, 6.07) is 2.61. The molecular formula is C11H13F2NO3. The summed E-state index contributed by atoms with van der Waals surface area (Å²) in [7, 11) is 0. The van der Waals surface area contributed by atoms with Gasteiger partial charge in [-0.3, -0.25) is 10.7 Å². The molecule has 2 rings (SSSR count). The lowest BCUT2D eigenvalue weighted by Gasteiger charge is -2.20. The highest BCUT2D eigenvalue weighted by Crippen LogP contribution is 2.40. The van der Waals surface area contributed by atoms with Gasteiger partial charge in [-0.1, -0.05) is 0 Å². The SMILES string of the molecule is CC1(CO)Cc2cc(NO)c(C(F)F)cc2O1. The van der Waals surface area contributed by atoms with Crippen LogP contribution in [0.2, 0.25) is 0 Å². The van der Waals surface area contributed by atoms with Crippen molar-refractivity contribution in [2.45, 2.75) is 25.4 Å². The van der Waals surface area contributed by atoms with Gasteiger partial charge in [0.05, 0.1) is 12.3 Å². The second-order valence-electron chi connectivity index (χ2n) is 4.35. The van der Waals surface area contributed by atoms with Gasteiger partial charge in [-0.05, 0) is 19.1 Å². The summed E-state index contributed by atoms with van der Waals surface area (Å²) in [6.45, 7) is 1.49. The minimum Gasteiger partial charge on any atom is -0.485 e. The van der Waals surface area contributed by atoms with Crippen molar-refractivity contribution in [1.29, 1.82) is 0 Å². The number of hydrogen-bond acceptors (Lipinski definition) is 4. The van der Waals surface area contributed by atoms with Crippen LogP contribution in [0.15, 0.2) is 12.1 Å². The van der Waals surface area contributed by atoms with Crippen molar-refractivity contribution in [3.8, 4) is 5.75 Å². The molecule has 0 aliphatic carbocycles. The zero-order chi connectivity index (χ0) is 12.6. The molecule has 0 radical (unpaired) electrons. The fraction of sp³-hybridized carbons (Fsp3) is 0.455. The molecule has 0 saturated heterocycles. The topological polar surface area (TPSA) is 61.7 Å². The molecule has 4 nitrogen and oxygen atoms in total. The number of aliphatic hydroxyl groups excluding tert-OH is 1.